The molecule has 0 amide bonds. The van der Waals surface area contributed by atoms with Crippen molar-refractivity contribution in [2.45, 2.75) is 45.6 Å². The third-order valence-corrected chi connectivity index (χ3v) is 5.46. The van der Waals surface area contributed by atoms with Crippen molar-refractivity contribution in [1.29, 1.82) is 0 Å². The number of thioether (sulfide) groups is 1. The van der Waals surface area contributed by atoms with Gasteiger partial charge in [-0.25, -0.2) is 0 Å². The van der Waals surface area contributed by atoms with E-state index in [4.69, 9.17) is 0 Å². The highest BCUT2D eigenvalue weighted by molar-refractivity contribution is 7.98. The third kappa shape index (κ3) is 5.20. The summed E-state index contributed by atoms with van der Waals surface area (Å²) >= 11 is 1.94. The van der Waals surface area contributed by atoms with E-state index in [1.54, 1.807) is 0 Å². The van der Waals surface area contributed by atoms with Crippen LogP contribution in [0.3, 0.4) is 0 Å². The average Bonchev–Trinajstić information content (AvgIpc) is 3.06. The lowest BCUT2D eigenvalue weighted by Crippen LogP contribution is -2.40. The highest BCUT2D eigenvalue weighted by Gasteiger charge is 2.21. The van der Waals surface area contributed by atoms with Crippen molar-refractivity contribution in [3.63, 3.8) is 0 Å². The molecule has 2 rings (SSSR count). The molecular formula is C19H32N2S. The maximum atomic E-state index is 2.70. The molecule has 124 valence electrons. The van der Waals surface area contributed by atoms with Crippen molar-refractivity contribution in [1.82, 2.24) is 4.90 Å². The van der Waals surface area contributed by atoms with Gasteiger partial charge in [0, 0.05) is 37.1 Å². The van der Waals surface area contributed by atoms with Crippen LogP contribution in [0.15, 0.2) is 24.3 Å². The largest absolute Gasteiger partial charge is 0.369 e. The first-order valence-electron chi connectivity index (χ1n) is 8.79. The zero-order valence-electron chi connectivity index (χ0n) is 14.6. The van der Waals surface area contributed by atoms with Crippen LogP contribution in [0.2, 0.25) is 0 Å². The average molecular weight is 321 g/mol. The summed E-state index contributed by atoms with van der Waals surface area (Å²) in [6.07, 6.45) is 7.86. The lowest BCUT2D eigenvalue weighted by molar-refractivity contribution is 0.213. The van der Waals surface area contributed by atoms with Gasteiger partial charge < -0.3 is 4.90 Å². The number of hydrogen-bond acceptors (Lipinski definition) is 3. The summed E-state index contributed by atoms with van der Waals surface area (Å²) in [6.45, 7) is 9.16. The topological polar surface area (TPSA) is 6.48 Å². The smallest absolute Gasteiger partial charge is 0.0367 e. The molecule has 0 N–H and O–H groups in total. The number of aryl methyl sites for hydroxylation is 1. The Kier molecular flexibility index (Phi) is 7.61. The Balaban J connectivity index is 1.94. The van der Waals surface area contributed by atoms with E-state index in [1.807, 2.05) is 11.8 Å². The Bertz CT molecular complexity index is 412. The molecule has 0 aliphatic heterocycles. The molecule has 1 saturated carbocycles. The van der Waals surface area contributed by atoms with Gasteiger partial charge in [-0.3, -0.25) is 4.90 Å². The van der Waals surface area contributed by atoms with Gasteiger partial charge in [0.1, 0.15) is 0 Å². The minimum atomic E-state index is 0.838. The number of hydrogen-bond donors (Lipinski definition) is 0. The second-order valence-electron chi connectivity index (χ2n) is 6.38. The standard InChI is InChI=1S/C19H32N2S/c1-4-20(18-7-5-6-8-18)13-14-21(15-16-22-3)19-11-9-17(2)10-12-19/h9-12,18H,4-8,13-16H2,1-3H3. The van der Waals surface area contributed by atoms with Crippen molar-refractivity contribution >= 4 is 17.4 Å². The summed E-state index contributed by atoms with van der Waals surface area (Å²) in [5.41, 5.74) is 2.72. The molecule has 1 aromatic carbocycles. The fourth-order valence-electron chi connectivity index (χ4n) is 3.44. The number of nitrogens with zero attached hydrogens (tertiary/aromatic N) is 2. The summed E-state index contributed by atoms with van der Waals surface area (Å²) in [5, 5.41) is 0. The van der Waals surface area contributed by atoms with Crippen LogP contribution in [0.1, 0.15) is 38.2 Å². The molecule has 1 aromatic rings. The van der Waals surface area contributed by atoms with Gasteiger partial charge in [0.2, 0.25) is 0 Å². The van der Waals surface area contributed by atoms with Gasteiger partial charge in [0.15, 0.2) is 0 Å². The number of likely N-dealkylation sites (N-methyl/N-ethyl adjacent to an activating group) is 1. The molecule has 0 bridgehead atoms. The lowest BCUT2D eigenvalue weighted by Gasteiger charge is -2.32. The van der Waals surface area contributed by atoms with Crippen molar-refractivity contribution in [3.8, 4) is 0 Å². The maximum absolute atomic E-state index is 2.70. The van der Waals surface area contributed by atoms with Crippen LogP contribution in [0.4, 0.5) is 5.69 Å². The molecule has 3 heteroatoms. The normalized spacial score (nSPS) is 15.6. The van der Waals surface area contributed by atoms with E-state index in [-0.39, 0.29) is 0 Å². The number of rotatable bonds is 9. The van der Waals surface area contributed by atoms with E-state index in [1.165, 1.54) is 55.8 Å². The molecule has 1 aliphatic rings. The third-order valence-electron chi connectivity index (χ3n) is 4.87. The molecule has 1 aliphatic carbocycles. The first-order chi connectivity index (χ1) is 10.7. The Hall–Kier alpha value is -0.670. The highest BCUT2D eigenvalue weighted by atomic mass is 32.2. The molecule has 0 radical (unpaired) electrons. The molecule has 0 spiro atoms. The molecular weight excluding hydrogens is 288 g/mol. The van der Waals surface area contributed by atoms with Gasteiger partial charge in [-0.2, -0.15) is 11.8 Å². The van der Waals surface area contributed by atoms with Gasteiger partial charge >= 0.3 is 0 Å². The first kappa shape index (κ1) is 17.7. The fourth-order valence-corrected chi connectivity index (χ4v) is 3.85. The van der Waals surface area contributed by atoms with Crippen LogP contribution in [0.5, 0.6) is 0 Å². The quantitative estimate of drug-likeness (QED) is 0.664. The minimum absolute atomic E-state index is 0.838. The van der Waals surface area contributed by atoms with Gasteiger partial charge in [-0.05, 0) is 44.7 Å². The van der Waals surface area contributed by atoms with Crippen molar-refractivity contribution in [2.75, 3.05) is 43.1 Å². The van der Waals surface area contributed by atoms with Gasteiger partial charge in [-0.1, -0.05) is 37.5 Å². The Morgan fingerprint density at radius 1 is 1.05 bits per heavy atom. The summed E-state index contributed by atoms with van der Waals surface area (Å²) in [7, 11) is 0. The van der Waals surface area contributed by atoms with E-state index >= 15 is 0 Å². The molecule has 0 heterocycles. The fraction of sp³-hybridized carbons (Fsp3) is 0.684. The van der Waals surface area contributed by atoms with Crippen LogP contribution in [0, 0.1) is 6.92 Å². The molecule has 0 atom stereocenters. The Labute approximate surface area is 141 Å². The van der Waals surface area contributed by atoms with Gasteiger partial charge in [0.05, 0.1) is 0 Å². The molecule has 0 saturated heterocycles. The zero-order valence-corrected chi connectivity index (χ0v) is 15.4. The van der Waals surface area contributed by atoms with Crippen molar-refractivity contribution in [2.24, 2.45) is 0 Å². The Morgan fingerprint density at radius 3 is 2.32 bits per heavy atom. The van der Waals surface area contributed by atoms with Crippen LogP contribution < -0.4 is 4.90 Å². The summed E-state index contributed by atoms with van der Waals surface area (Å²) in [6, 6.07) is 9.86. The van der Waals surface area contributed by atoms with E-state index in [9.17, 15) is 0 Å². The maximum Gasteiger partial charge on any atom is 0.0367 e. The van der Waals surface area contributed by atoms with Gasteiger partial charge in [0.25, 0.3) is 0 Å². The van der Waals surface area contributed by atoms with Gasteiger partial charge in [-0.15, -0.1) is 0 Å². The summed E-state index contributed by atoms with van der Waals surface area (Å²) in [4.78, 5) is 5.26. The van der Waals surface area contributed by atoms with E-state index in [0.717, 1.165) is 19.1 Å². The van der Waals surface area contributed by atoms with Crippen LogP contribution in [0.25, 0.3) is 0 Å². The lowest BCUT2D eigenvalue weighted by atomic mass is 10.2. The monoisotopic (exact) mass is 320 g/mol. The zero-order chi connectivity index (χ0) is 15.8. The second kappa shape index (κ2) is 9.46. The minimum Gasteiger partial charge on any atom is -0.369 e. The molecule has 2 nitrogen and oxygen atoms in total. The summed E-state index contributed by atoms with van der Waals surface area (Å²) in [5.74, 6) is 1.20. The van der Waals surface area contributed by atoms with Crippen molar-refractivity contribution in [3.05, 3.63) is 29.8 Å². The van der Waals surface area contributed by atoms with Crippen LogP contribution in [-0.2, 0) is 0 Å². The predicted octanol–water partition coefficient (Wildman–Crippen LogP) is 4.43. The van der Waals surface area contributed by atoms with Crippen LogP contribution in [-0.4, -0.2) is 49.1 Å². The number of anilines is 1. The first-order valence-corrected chi connectivity index (χ1v) is 10.2. The number of benzene rings is 1. The molecule has 22 heavy (non-hydrogen) atoms. The molecule has 1 fully saturated rings. The van der Waals surface area contributed by atoms with E-state index < -0.39 is 0 Å². The van der Waals surface area contributed by atoms with E-state index in [0.29, 0.717) is 0 Å². The van der Waals surface area contributed by atoms with Crippen molar-refractivity contribution < 1.29 is 0 Å². The summed E-state index contributed by atoms with van der Waals surface area (Å²) < 4.78 is 0. The SMILES string of the molecule is CCN(CCN(CCSC)c1ccc(C)cc1)C1CCCC1. The predicted molar refractivity (Wildman–Crippen MR) is 101 cm³/mol. The Morgan fingerprint density at radius 2 is 1.73 bits per heavy atom. The second-order valence-corrected chi connectivity index (χ2v) is 7.37. The van der Waals surface area contributed by atoms with E-state index in [2.05, 4.69) is 54.2 Å². The van der Waals surface area contributed by atoms with Crippen LogP contribution >= 0.6 is 11.8 Å². The molecule has 0 unspecified atom stereocenters. The molecule has 0 aromatic heterocycles. The highest BCUT2D eigenvalue weighted by Crippen LogP contribution is 2.23.